The average Bonchev–Trinajstić information content (AvgIpc) is 2.32. The van der Waals surface area contributed by atoms with Crippen LogP contribution >= 0.6 is 0 Å². The SMILES string of the molecule is CC(C)C(NN)C1C(C)OC(C)C1C. The van der Waals surface area contributed by atoms with Crippen molar-refractivity contribution in [3.05, 3.63) is 0 Å². The first-order chi connectivity index (χ1) is 6.49. The lowest BCUT2D eigenvalue weighted by Gasteiger charge is -2.31. The molecule has 1 fully saturated rings. The Morgan fingerprint density at radius 1 is 1.14 bits per heavy atom. The first-order valence-corrected chi connectivity index (χ1v) is 5.60. The summed E-state index contributed by atoms with van der Waals surface area (Å²) in [6.45, 7) is 11.0. The van der Waals surface area contributed by atoms with Crippen LogP contribution in [0.5, 0.6) is 0 Å². The Balaban J connectivity index is 2.74. The third-order valence-electron chi connectivity index (χ3n) is 3.64. The second-order valence-corrected chi connectivity index (χ2v) is 4.92. The Morgan fingerprint density at radius 3 is 2.00 bits per heavy atom. The van der Waals surface area contributed by atoms with E-state index in [2.05, 4.69) is 40.0 Å². The van der Waals surface area contributed by atoms with Crippen LogP contribution in [-0.4, -0.2) is 18.2 Å². The van der Waals surface area contributed by atoms with Gasteiger partial charge in [-0.3, -0.25) is 11.3 Å². The lowest BCUT2D eigenvalue weighted by Crippen LogP contribution is -2.48. The highest BCUT2D eigenvalue weighted by molar-refractivity contribution is 4.92. The topological polar surface area (TPSA) is 47.3 Å². The molecule has 0 aromatic heterocycles. The molecule has 1 rings (SSSR count). The van der Waals surface area contributed by atoms with Crippen molar-refractivity contribution < 1.29 is 4.74 Å². The Bertz CT molecular complexity index is 184. The molecule has 0 aromatic carbocycles. The Morgan fingerprint density at radius 2 is 1.71 bits per heavy atom. The first-order valence-electron chi connectivity index (χ1n) is 5.60. The summed E-state index contributed by atoms with van der Waals surface area (Å²) in [6.07, 6.45) is 0.660. The van der Waals surface area contributed by atoms with E-state index in [-0.39, 0.29) is 0 Å². The normalized spacial score (nSPS) is 40.5. The van der Waals surface area contributed by atoms with Crippen molar-refractivity contribution >= 4 is 0 Å². The van der Waals surface area contributed by atoms with Crippen molar-refractivity contribution in [2.24, 2.45) is 23.6 Å². The third kappa shape index (κ3) is 2.10. The molecular formula is C11H24N2O. The molecule has 0 bridgehead atoms. The molecule has 5 unspecified atom stereocenters. The van der Waals surface area contributed by atoms with Crippen molar-refractivity contribution in [1.82, 2.24) is 5.43 Å². The Hall–Kier alpha value is -0.120. The fourth-order valence-corrected chi connectivity index (χ4v) is 2.66. The molecular weight excluding hydrogens is 176 g/mol. The van der Waals surface area contributed by atoms with Crippen molar-refractivity contribution in [3.8, 4) is 0 Å². The Kier molecular flexibility index (Phi) is 3.93. The van der Waals surface area contributed by atoms with Gasteiger partial charge in [0.1, 0.15) is 0 Å². The van der Waals surface area contributed by atoms with Gasteiger partial charge >= 0.3 is 0 Å². The molecule has 0 spiro atoms. The first kappa shape index (κ1) is 12.0. The van der Waals surface area contributed by atoms with Crippen LogP contribution < -0.4 is 11.3 Å². The number of ether oxygens (including phenoxy) is 1. The van der Waals surface area contributed by atoms with Crippen molar-refractivity contribution in [1.29, 1.82) is 0 Å². The van der Waals surface area contributed by atoms with E-state index < -0.39 is 0 Å². The summed E-state index contributed by atoms with van der Waals surface area (Å²) in [7, 11) is 0. The van der Waals surface area contributed by atoms with Gasteiger partial charge in [-0.15, -0.1) is 0 Å². The van der Waals surface area contributed by atoms with Gasteiger partial charge in [0.2, 0.25) is 0 Å². The highest BCUT2D eigenvalue weighted by atomic mass is 16.5. The van der Waals surface area contributed by atoms with Crippen molar-refractivity contribution in [3.63, 3.8) is 0 Å². The van der Waals surface area contributed by atoms with Gasteiger partial charge in [-0.2, -0.15) is 0 Å². The standard InChI is InChI=1S/C11H24N2O/c1-6(2)11(13-12)10-7(3)8(4)14-9(10)5/h6-11,13H,12H2,1-5H3. The summed E-state index contributed by atoms with van der Waals surface area (Å²) in [5, 5.41) is 0. The van der Waals surface area contributed by atoms with Crippen molar-refractivity contribution in [2.75, 3.05) is 0 Å². The molecule has 1 aliphatic rings. The van der Waals surface area contributed by atoms with Crippen LogP contribution in [0.15, 0.2) is 0 Å². The summed E-state index contributed by atoms with van der Waals surface area (Å²) in [6, 6.07) is 0.352. The number of nitrogens with two attached hydrogens (primary N) is 1. The molecule has 0 aromatic rings. The molecule has 0 aliphatic carbocycles. The second kappa shape index (κ2) is 4.60. The maximum Gasteiger partial charge on any atom is 0.0597 e. The largest absolute Gasteiger partial charge is 0.375 e. The van der Waals surface area contributed by atoms with E-state index in [1.165, 1.54) is 0 Å². The van der Waals surface area contributed by atoms with E-state index in [4.69, 9.17) is 10.6 Å². The van der Waals surface area contributed by atoms with E-state index in [0.29, 0.717) is 36.0 Å². The van der Waals surface area contributed by atoms with E-state index in [0.717, 1.165) is 0 Å². The minimum Gasteiger partial charge on any atom is -0.375 e. The molecule has 0 saturated carbocycles. The lowest BCUT2D eigenvalue weighted by molar-refractivity contribution is 0.0453. The summed E-state index contributed by atoms with van der Waals surface area (Å²) >= 11 is 0. The van der Waals surface area contributed by atoms with Gasteiger partial charge in [-0.05, 0) is 25.7 Å². The molecule has 0 amide bonds. The van der Waals surface area contributed by atoms with E-state index >= 15 is 0 Å². The van der Waals surface area contributed by atoms with Gasteiger partial charge in [-0.25, -0.2) is 0 Å². The van der Waals surface area contributed by atoms with E-state index in [1.807, 2.05) is 0 Å². The third-order valence-corrected chi connectivity index (χ3v) is 3.64. The second-order valence-electron chi connectivity index (χ2n) is 4.92. The molecule has 5 atom stereocenters. The summed E-state index contributed by atoms with van der Waals surface area (Å²) in [4.78, 5) is 0. The molecule has 1 heterocycles. The molecule has 14 heavy (non-hydrogen) atoms. The molecule has 3 nitrogen and oxygen atoms in total. The minimum absolute atomic E-state index is 0.309. The van der Waals surface area contributed by atoms with Crippen LogP contribution in [0.3, 0.4) is 0 Å². The quantitative estimate of drug-likeness (QED) is 0.536. The van der Waals surface area contributed by atoms with Crippen molar-refractivity contribution in [2.45, 2.75) is 52.9 Å². The Labute approximate surface area is 87.4 Å². The minimum atomic E-state index is 0.309. The van der Waals surface area contributed by atoms with Crippen LogP contribution in [0.2, 0.25) is 0 Å². The van der Waals surface area contributed by atoms with Crippen LogP contribution in [0.4, 0.5) is 0 Å². The van der Waals surface area contributed by atoms with Crippen LogP contribution in [0.1, 0.15) is 34.6 Å². The molecule has 3 N–H and O–H groups in total. The van der Waals surface area contributed by atoms with Gasteiger partial charge in [0.15, 0.2) is 0 Å². The monoisotopic (exact) mass is 200 g/mol. The average molecular weight is 200 g/mol. The van der Waals surface area contributed by atoms with Gasteiger partial charge in [0.25, 0.3) is 0 Å². The van der Waals surface area contributed by atoms with Gasteiger partial charge in [0, 0.05) is 12.0 Å². The number of hydrogen-bond acceptors (Lipinski definition) is 3. The highest BCUT2D eigenvalue weighted by Gasteiger charge is 2.42. The molecule has 3 heteroatoms. The number of nitrogens with one attached hydrogen (secondary N) is 1. The zero-order chi connectivity index (χ0) is 10.9. The number of hydrazine groups is 1. The molecule has 1 saturated heterocycles. The fourth-order valence-electron chi connectivity index (χ4n) is 2.66. The fraction of sp³-hybridized carbons (Fsp3) is 1.00. The highest BCUT2D eigenvalue weighted by Crippen LogP contribution is 2.36. The lowest BCUT2D eigenvalue weighted by atomic mass is 9.79. The predicted octanol–water partition coefficient (Wildman–Crippen LogP) is 1.53. The molecule has 1 aliphatic heterocycles. The van der Waals surface area contributed by atoms with Gasteiger partial charge < -0.3 is 4.74 Å². The van der Waals surface area contributed by atoms with Crippen LogP contribution in [0, 0.1) is 17.8 Å². The van der Waals surface area contributed by atoms with Gasteiger partial charge in [-0.1, -0.05) is 20.8 Å². The number of rotatable bonds is 3. The summed E-state index contributed by atoms with van der Waals surface area (Å²) in [5.74, 6) is 7.26. The maximum atomic E-state index is 5.82. The number of hydrogen-bond donors (Lipinski definition) is 2. The van der Waals surface area contributed by atoms with Gasteiger partial charge in [0.05, 0.1) is 12.2 Å². The zero-order valence-electron chi connectivity index (χ0n) is 9.95. The van der Waals surface area contributed by atoms with E-state index in [1.54, 1.807) is 0 Å². The molecule has 84 valence electrons. The predicted molar refractivity (Wildman–Crippen MR) is 58.6 cm³/mol. The maximum absolute atomic E-state index is 5.82. The summed E-state index contributed by atoms with van der Waals surface area (Å²) < 4.78 is 5.82. The van der Waals surface area contributed by atoms with E-state index in [9.17, 15) is 0 Å². The van der Waals surface area contributed by atoms with Crippen LogP contribution in [-0.2, 0) is 4.74 Å². The zero-order valence-corrected chi connectivity index (χ0v) is 9.95. The smallest absolute Gasteiger partial charge is 0.0597 e. The summed E-state index contributed by atoms with van der Waals surface area (Å²) in [5.41, 5.74) is 2.94. The van der Waals surface area contributed by atoms with Crippen LogP contribution in [0.25, 0.3) is 0 Å². The molecule has 0 radical (unpaired) electrons.